The predicted octanol–water partition coefficient (Wildman–Crippen LogP) is 3.64. The van der Waals surface area contributed by atoms with Gasteiger partial charge in [-0.25, -0.2) is 14.0 Å². The van der Waals surface area contributed by atoms with E-state index in [1.54, 1.807) is 33.2 Å². The van der Waals surface area contributed by atoms with Crippen molar-refractivity contribution in [3.05, 3.63) is 70.7 Å². The van der Waals surface area contributed by atoms with Crippen molar-refractivity contribution in [3.8, 4) is 0 Å². The number of amides is 1. The van der Waals surface area contributed by atoms with E-state index in [4.69, 9.17) is 4.74 Å². The molecule has 0 aliphatic heterocycles. The highest BCUT2D eigenvalue weighted by molar-refractivity contribution is 6.21. The van der Waals surface area contributed by atoms with Gasteiger partial charge in [0.2, 0.25) is 0 Å². The normalized spacial score (nSPS) is 10.8. The Hall–Kier alpha value is -3.48. The van der Waals surface area contributed by atoms with E-state index in [2.05, 4.69) is 0 Å². The summed E-state index contributed by atoms with van der Waals surface area (Å²) in [5, 5.41) is 0.288. The minimum absolute atomic E-state index is 0.120. The first-order valence-electron chi connectivity index (χ1n) is 8.51. The largest absolute Gasteiger partial charge is 0.465 e. The number of methoxy groups -OCH3 is 1. The molecule has 7 heteroatoms. The third kappa shape index (κ3) is 3.15. The zero-order valence-electron chi connectivity index (χ0n) is 15.9. The van der Waals surface area contributed by atoms with E-state index in [-0.39, 0.29) is 28.1 Å². The number of hydrogen-bond donors (Lipinski definition) is 0. The smallest absolute Gasteiger partial charge is 0.338 e. The second-order valence-corrected chi connectivity index (χ2v) is 6.57. The van der Waals surface area contributed by atoms with Gasteiger partial charge in [-0.15, -0.1) is 0 Å². The topological polar surface area (TPSA) is 68.6 Å². The maximum absolute atomic E-state index is 14.0. The fourth-order valence-corrected chi connectivity index (χ4v) is 3.00. The minimum Gasteiger partial charge on any atom is -0.465 e. The van der Waals surface area contributed by atoms with E-state index >= 15 is 0 Å². The first kappa shape index (κ1) is 19.3. The van der Waals surface area contributed by atoms with E-state index in [9.17, 15) is 18.8 Å². The number of hydrogen-bond acceptors (Lipinski definition) is 4. The summed E-state index contributed by atoms with van der Waals surface area (Å²) in [5.74, 6) is -1.64. The molecule has 0 unspecified atom stereocenters. The van der Waals surface area contributed by atoms with Crippen molar-refractivity contribution in [2.45, 2.75) is 6.92 Å². The number of nitrogens with zero attached hydrogens (tertiary/aromatic N) is 2. The summed E-state index contributed by atoms with van der Waals surface area (Å²) in [6.07, 6.45) is 1.37. The predicted molar refractivity (Wildman–Crippen MR) is 102 cm³/mol. The van der Waals surface area contributed by atoms with E-state index in [1.165, 1.54) is 41.0 Å². The van der Waals surface area contributed by atoms with Gasteiger partial charge in [0.1, 0.15) is 5.82 Å². The van der Waals surface area contributed by atoms with Crippen LogP contribution in [-0.4, -0.2) is 48.5 Å². The molecule has 0 aliphatic rings. The molecule has 0 spiro atoms. The SMILES string of the molecule is COC(=O)c1cccc2c1c(C(=O)c1ccc(C)c(F)c1)cn2C(=O)N(C)C. The molecule has 0 saturated heterocycles. The molecule has 1 amide bonds. The summed E-state index contributed by atoms with van der Waals surface area (Å²) in [7, 11) is 4.39. The number of benzene rings is 2. The lowest BCUT2D eigenvalue weighted by Gasteiger charge is -2.11. The first-order chi connectivity index (χ1) is 13.3. The number of aryl methyl sites for hydroxylation is 1. The van der Waals surface area contributed by atoms with Crippen LogP contribution in [0.25, 0.3) is 10.9 Å². The van der Waals surface area contributed by atoms with E-state index in [1.807, 2.05) is 0 Å². The van der Waals surface area contributed by atoms with Crippen molar-refractivity contribution in [2.75, 3.05) is 21.2 Å². The Balaban J connectivity index is 2.31. The van der Waals surface area contributed by atoms with Gasteiger partial charge in [-0.2, -0.15) is 0 Å². The lowest BCUT2D eigenvalue weighted by Crippen LogP contribution is -2.26. The number of ketones is 1. The molecule has 28 heavy (non-hydrogen) atoms. The number of esters is 1. The van der Waals surface area contributed by atoms with Crippen LogP contribution in [0.2, 0.25) is 0 Å². The zero-order chi connectivity index (χ0) is 20.6. The Labute approximate surface area is 161 Å². The molecular formula is C21H19FN2O4. The van der Waals surface area contributed by atoms with Crippen LogP contribution in [0.3, 0.4) is 0 Å². The van der Waals surface area contributed by atoms with Crippen molar-refractivity contribution in [3.63, 3.8) is 0 Å². The van der Waals surface area contributed by atoms with Crippen LogP contribution >= 0.6 is 0 Å². The lowest BCUT2D eigenvalue weighted by atomic mass is 9.98. The summed E-state index contributed by atoms with van der Waals surface area (Å²) in [6, 6.07) is 8.54. The fraction of sp³-hybridized carbons (Fsp3) is 0.190. The monoisotopic (exact) mass is 382 g/mol. The van der Waals surface area contributed by atoms with Gasteiger partial charge in [0, 0.05) is 36.8 Å². The summed E-state index contributed by atoms with van der Waals surface area (Å²) >= 11 is 0. The van der Waals surface area contributed by atoms with Gasteiger partial charge in [0.25, 0.3) is 0 Å². The van der Waals surface area contributed by atoms with E-state index in [0.717, 1.165) is 6.07 Å². The van der Waals surface area contributed by atoms with Crippen molar-refractivity contribution < 1.29 is 23.5 Å². The molecule has 6 nitrogen and oxygen atoms in total. The van der Waals surface area contributed by atoms with Crippen LogP contribution in [0.4, 0.5) is 9.18 Å². The Kier molecular flexibility index (Phi) is 5.00. The standard InChI is InChI=1S/C21H19FN2O4/c1-12-8-9-13(10-16(12)22)19(25)15-11-24(21(27)23(2)3)17-7-5-6-14(18(15)17)20(26)28-4/h5-11H,1-4H3. The van der Waals surface area contributed by atoms with Crippen LogP contribution in [0.15, 0.2) is 42.6 Å². The molecule has 2 aromatic carbocycles. The quantitative estimate of drug-likeness (QED) is 0.512. The van der Waals surface area contributed by atoms with Crippen molar-refractivity contribution >= 4 is 28.7 Å². The van der Waals surface area contributed by atoms with Gasteiger partial charge in [0.05, 0.1) is 18.2 Å². The average Bonchev–Trinajstić information content (AvgIpc) is 3.07. The summed E-state index contributed by atoms with van der Waals surface area (Å²) in [4.78, 5) is 39.3. The van der Waals surface area contributed by atoms with Crippen LogP contribution in [-0.2, 0) is 4.74 Å². The van der Waals surface area contributed by atoms with Gasteiger partial charge in [0.15, 0.2) is 5.78 Å². The molecule has 0 atom stereocenters. The highest BCUT2D eigenvalue weighted by atomic mass is 19.1. The van der Waals surface area contributed by atoms with Crippen LogP contribution in [0.5, 0.6) is 0 Å². The van der Waals surface area contributed by atoms with Gasteiger partial charge in [-0.3, -0.25) is 9.36 Å². The lowest BCUT2D eigenvalue weighted by molar-refractivity contribution is 0.0603. The molecule has 0 aliphatic carbocycles. The Morgan fingerprint density at radius 1 is 1.07 bits per heavy atom. The van der Waals surface area contributed by atoms with Crippen LogP contribution in [0.1, 0.15) is 31.8 Å². The van der Waals surface area contributed by atoms with E-state index < -0.39 is 17.6 Å². The first-order valence-corrected chi connectivity index (χ1v) is 8.51. The fourth-order valence-electron chi connectivity index (χ4n) is 3.00. The molecule has 0 saturated carbocycles. The second kappa shape index (κ2) is 7.26. The van der Waals surface area contributed by atoms with E-state index in [0.29, 0.717) is 11.1 Å². The summed E-state index contributed by atoms with van der Waals surface area (Å²) in [6.45, 7) is 1.60. The number of aromatic nitrogens is 1. The van der Waals surface area contributed by atoms with Crippen molar-refractivity contribution in [2.24, 2.45) is 0 Å². The molecule has 0 N–H and O–H groups in total. The van der Waals surface area contributed by atoms with Crippen LogP contribution in [0, 0.1) is 12.7 Å². The second-order valence-electron chi connectivity index (χ2n) is 6.57. The Bertz CT molecular complexity index is 1120. The molecule has 144 valence electrons. The molecule has 1 heterocycles. The molecule has 0 bridgehead atoms. The number of rotatable bonds is 3. The molecule has 3 aromatic rings. The highest BCUT2D eigenvalue weighted by Gasteiger charge is 2.25. The number of ether oxygens (including phenoxy) is 1. The van der Waals surface area contributed by atoms with Crippen LogP contribution < -0.4 is 0 Å². The average molecular weight is 382 g/mol. The molecule has 0 fully saturated rings. The Morgan fingerprint density at radius 3 is 2.39 bits per heavy atom. The third-order valence-corrected chi connectivity index (χ3v) is 4.50. The van der Waals surface area contributed by atoms with Crippen molar-refractivity contribution in [1.29, 1.82) is 0 Å². The minimum atomic E-state index is -0.634. The van der Waals surface area contributed by atoms with Gasteiger partial charge in [-0.1, -0.05) is 18.2 Å². The summed E-state index contributed by atoms with van der Waals surface area (Å²) in [5.41, 5.74) is 1.20. The number of halogens is 1. The Morgan fingerprint density at radius 2 is 1.79 bits per heavy atom. The number of carbonyl (C=O) groups is 3. The molecule has 1 aromatic heterocycles. The maximum Gasteiger partial charge on any atom is 0.338 e. The third-order valence-electron chi connectivity index (χ3n) is 4.50. The highest BCUT2D eigenvalue weighted by Crippen LogP contribution is 2.29. The zero-order valence-corrected chi connectivity index (χ0v) is 15.9. The van der Waals surface area contributed by atoms with Gasteiger partial charge in [-0.05, 0) is 30.7 Å². The van der Waals surface area contributed by atoms with Gasteiger partial charge < -0.3 is 9.64 Å². The molecular weight excluding hydrogens is 363 g/mol. The summed E-state index contributed by atoms with van der Waals surface area (Å²) < 4.78 is 20.1. The molecule has 0 radical (unpaired) electrons. The van der Waals surface area contributed by atoms with Gasteiger partial charge >= 0.3 is 12.0 Å². The number of carbonyl (C=O) groups excluding carboxylic acids is 3. The maximum atomic E-state index is 14.0. The number of fused-ring (bicyclic) bond motifs is 1. The molecule has 3 rings (SSSR count). The van der Waals surface area contributed by atoms with Crippen molar-refractivity contribution in [1.82, 2.24) is 9.47 Å².